The van der Waals surface area contributed by atoms with E-state index >= 15 is 0 Å². The summed E-state index contributed by atoms with van der Waals surface area (Å²) in [6.45, 7) is 8.40. The number of carbonyl (C=O) groups excluding carboxylic acids is 4. The van der Waals surface area contributed by atoms with Gasteiger partial charge in [-0.15, -0.1) is 0 Å². The van der Waals surface area contributed by atoms with E-state index in [2.05, 4.69) is 20.8 Å². The molecule has 4 aliphatic carbocycles. The van der Waals surface area contributed by atoms with Crippen LogP contribution in [0.15, 0.2) is 0 Å². The number of esters is 2. The molecule has 0 amide bonds. The van der Waals surface area contributed by atoms with Crippen LogP contribution in [0, 0.1) is 51.8 Å². The number of rotatable bonds is 13. The predicted molar refractivity (Wildman–Crippen MR) is 157 cm³/mol. The molecule has 8 nitrogen and oxygen atoms in total. The van der Waals surface area contributed by atoms with Gasteiger partial charge in [0.2, 0.25) is 0 Å². The second-order valence-electron chi connectivity index (χ2n) is 14.1. The lowest BCUT2D eigenvalue weighted by atomic mass is 9.43. The van der Waals surface area contributed by atoms with Gasteiger partial charge in [0.15, 0.2) is 5.41 Å². The molecule has 0 heterocycles. The normalized spacial score (nSPS) is 39.5. The highest BCUT2D eigenvalue weighted by Gasteiger charge is 2.63. The van der Waals surface area contributed by atoms with Gasteiger partial charge < -0.3 is 18.9 Å². The zero-order chi connectivity index (χ0) is 33.2. The molecular formula is C34H54O8. The van der Waals surface area contributed by atoms with E-state index in [9.17, 15) is 19.2 Å². The predicted octanol–water partition coefficient (Wildman–Crippen LogP) is 6.28. The average Bonchev–Trinajstić information content (AvgIpc) is 3.33. The molecule has 0 aromatic carbocycles. The van der Waals surface area contributed by atoms with Crippen molar-refractivity contribution in [3.63, 3.8) is 0 Å². The van der Waals surface area contributed by atoms with Gasteiger partial charge in [-0.3, -0.25) is 19.2 Å². The van der Waals surface area contributed by atoms with Gasteiger partial charge in [-0.05, 0) is 119 Å². The fraction of sp³-hybridized carbons (Fsp3) is 0.882. The molecule has 4 fully saturated rings. The molecule has 4 rings (SSSR count). The molecule has 0 spiro atoms. The van der Waals surface area contributed by atoms with Crippen molar-refractivity contribution in [2.24, 2.45) is 51.8 Å². The topological polar surface area (TPSA) is 105 Å². The molecule has 0 bridgehead atoms. The van der Waals surface area contributed by atoms with Gasteiger partial charge >= 0.3 is 11.9 Å². The van der Waals surface area contributed by atoms with Crippen LogP contribution in [0.5, 0.6) is 0 Å². The van der Waals surface area contributed by atoms with E-state index in [1.807, 2.05) is 0 Å². The maximum atomic E-state index is 13.1. The zero-order valence-electron chi connectivity index (χ0n) is 29.2. The lowest BCUT2D eigenvalue weighted by Crippen LogP contribution is -2.59. The average molecular weight is 594 g/mol. The monoisotopic (exact) mass is 593 g/mol. The summed E-state index contributed by atoms with van der Waals surface area (Å²) >= 11 is 0. The summed E-state index contributed by atoms with van der Waals surface area (Å²) < 4.78 is 46.1. The Morgan fingerprint density at radius 2 is 1.57 bits per heavy atom. The third-order valence-electron chi connectivity index (χ3n) is 12.3. The molecule has 0 saturated heterocycles. The van der Waals surface area contributed by atoms with E-state index in [1.54, 1.807) is 13.8 Å². The van der Waals surface area contributed by atoms with Crippen LogP contribution in [0.1, 0.15) is 116 Å². The molecule has 0 radical (unpaired) electrons. The Balaban J connectivity index is 1.51. The molecule has 4 saturated carbocycles. The molecule has 0 N–H and O–H groups in total. The minimum Gasteiger partial charge on any atom is -0.465 e. The largest absolute Gasteiger partial charge is 0.465 e. The van der Waals surface area contributed by atoms with E-state index in [4.69, 9.17) is 23.1 Å². The third kappa shape index (κ3) is 5.85. The molecule has 0 aromatic heterocycles. The quantitative estimate of drug-likeness (QED) is 0.106. The molecule has 4 aliphatic rings. The minimum atomic E-state index is -2.90. The summed E-state index contributed by atoms with van der Waals surface area (Å²) in [5.74, 6) is -0.0281. The standard InChI is InChI=1S/C34H54O8/c1-7-39-30(37)34(6,31(38)40-8-2)15-9-10-22(3)25-11-12-26-29-27(14-17-33(25,26)5)32(4)16-13-24(41-20-35)18-23(32)19-28(29)42-21-36/h20-29H,7-19H2,1-6H3/t22-,23+,24-,25-,26+,27+,28-,29+,32+,33-/m1/s1/i6D3. The van der Waals surface area contributed by atoms with E-state index < -0.39 is 24.2 Å². The van der Waals surface area contributed by atoms with Crippen molar-refractivity contribution in [3.8, 4) is 0 Å². The summed E-state index contributed by atoms with van der Waals surface area (Å²) in [6, 6.07) is 0. The summed E-state index contributed by atoms with van der Waals surface area (Å²) in [7, 11) is 0. The molecule has 42 heavy (non-hydrogen) atoms. The number of hydrogen-bond acceptors (Lipinski definition) is 8. The van der Waals surface area contributed by atoms with Gasteiger partial charge in [-0.1, -0.05) is 33.6 Å². The third-order valence-corrected chi connectivity index (χ3v) is 12.3. The summed E-state index contributed by atoms with van der Waals surface area (Å²) in [6.07, 6.45) is 8.34. The van der Waals surface area contributed by atoms with Crippen LogP contribution in [-0.4, -0.2) is 50.3 Å². The number of ether oxygens (including phenoxy) is 4. The Hall–Kier alpha value is -2.12. The molecule has 8 heteroatoms. The molecular weight excluding hydrogens is 536 g/mol. The first kappa shape index (κ1) is 28.6. The highest BCUT2D eigenvalue weighted by Crippen LogP contribution is 2.68. The van der Waals surface area contributed by atoms with E-state index in [0.29, 0.717) is 49.5 Å². The van der Waals surface area contributed by atoms with E-state index in [0.717, 1.165) is 51.4 Å². The van der Waals surface area contributed by atoms with Crippen LogP contribution < -0.4 is 0 Å². The van der Waals surface area contributed by atoms with Gasteiger partial charge in [0.1, 0.15) is 12.2 Å². The Labute approximate surface area is 256 Å². The van der Waals surface area contributed by atoms with Crippen LogP contribution in [0.3, 0.4) is 0 Å². The summed E-state index contributed by atoms with van der Waals surface area (Å²) in [4.78, 5) is 48.9. The molecule has 238 valence electrons. The zero-order valence-corrected chi connectivity index (χ0v) is 26.2. The lowest BCUT2D eigenvalue weighted by molar-refractivity contribution is -0.190. The summed E-state index contributed by atoms with van der Waals surface area (Å²) in [5.41, 5.74) is -2.20. The molecule has 0 unspecified atom stereocenters. The van der Waals surface area contributed by atoms with Gasteiger partial charge in [-0.2, -0.15) is 0 Å². The van der Waals surface area contributed by atoms with Crippen LogP contribution in [0.25, 0.3) is 0 Å². The van der Waals surface area contributed by atoms with Crippen LogP contribution in [0.4, 0.5) is 0 Å². The van der Waals surface area contributed by atoms with Crippen molar-refractivity contribution in [3.05, 3.63) is 0 Å². The van der Waals surface area contributed by atoms with E-state index in [1.165, 1.54) is 0 Å². The SMILES string of the molecule is [2H]C([2H])([2H])C(CCC[C@@H](C)[C@H]1CC[C@H]2[C@@H]3[C@H](OC=O)C[C@@H]4C[C@H](OC=O)CC[C@]4(C)[C@H]3CC[C@]12C)(C(=O)OCC)C(=O)OCC. The summed E-state index contributed by atoms with van der Waals surface area (Å²) in [5, 5.41) is 0. The van der Waals surface area contributed by atoms with Gasteiger partial charge in [0, 0.05) is 10.0 Å². The second kappa shape index (κ2) is 13.3. The smallest absolute Gasteiger partial charge is 0.323 e. The Morgan fingerprint density at radius 1 is 0.929 bits per heavy atom. The van der Waals surface area contributed by atoms with Gasteiger partial charge in [0.05, 0.1) is 13.2 Å². The van der Waals surface area contributed by atoms with Crippen molar-refractivity contribution in [1.29, 1.82) is 0 Å². The Morgan fingerprint density at radius 3 is 2.19 bits per heavy atom. The lowest BCUT2D eigenvalue weighted by Gasteiger charge is -2.62. The van der Waals surface area contributed by atoms with Gasteiger partial charge in [0.25, 0.3) is 12.9 Å². The van der Waals surface area contributed by atoms with Crippen LogP contribution in [-0.2, 0) is 38.1 Å². The number of hydrogen-bond donors (Lipinski definition) is 0. The Bertz CT molecular complexity index is 1060. The van der Waals surface area contributed by atoms with Crippen molar-refractivity contribution in [1.82, 2.24) is 0 Å². The number of carbonyl (C=O) groups is 4. The highest BCUT2D eigenvalue weighted by atomic mass is 16.6. The fourth-order valence-electron chi connectivity index (χ4n) is 10.2. The fourth-order valence-corrected chi connectivity index (χ4v) is 10.2. The van der Waals surface area contributed by atoms with Crippen molar-refractivity contribution < 1.29 is 42.2 Å². The van der Waals surface area contributed by atoms with Crippen LogP contribution >= 0.6 is 0 Å². The second-order valence-corrected chi connectivity index (χ2v) is 14.1. The maximum Gasteiger partial charge on any atom is 0.323 e. The van der Waals surface area contributed by atoms with Crippen LogP contribution in [0.2, 0.25) is 0 Å². The molecule has 10 atom stereocenters. The van der Waals surface area contributed by atoms with Crippen molar-refractivity contribution in [2.45, 2.75) is 124 Å². The first-order chi connectivity index (χ1) is 21.2. The van der Waals surface area contributed by atoms with E-state index in [-0.39, 0.29) is 54.5 Å². The first-order valence-corrected chi connectivity index (χ1v) is 16.3. The molecule has 0 aliphatic heterocycles. The number of fused-ring (bicyclic) bond motifs is 5. The van der Waals surface area contributed by atoms with Gasteiger partial charge in [-0.25, -0.2) is 0 Å². The molecule has 0 aromatic rings. The Kier molecular flexibility index (Phi) is 9.04. The highest BCUT2D eigenvalue weighted by molar-refractivity contribution is 5.99. The van der Waals surface area contributed by atoms with Crippen molar-refractivity contribution >= 4 is 24.9 Å². The van der Waals surface area contributed by atoms with Crippen molar-refractivity contribution in [2.75, 3.05) is 13.2 Å². The minimum absolute atomic E-state index is 0.0296. The first-order valence-electron chi connectivity index (χ1n) is 17.8. The maximum absolute atomic E-state index is 13.1.